The number of nitrogens with two attached hydrogens (primary N) is 1. The maximum atomic E-state index is 11.6. The van der Waals surface area contributed by atoms with Crippen molar-refractivity contribution in [2.24, 2.45) is 0 Å². The molecule has 20 heavy (non-hydrogen) atoms. The van der Waals surface area contributed by atoms with Crippen LogP contribution in [0.2, 0.25) is 0 Å². The summed E-state index contributed by atoms with van der Waals surface area (Å²) in [5.41, 5.74) is 6.19. The molecule has 0 amide bonds. The molecule has 1 aliphatic heterocycles. The smallest absolute Gasteiger partial charge is 0.309 e. The van der Waals surface area contributed by atoms with Crippen LogP contribution < -0.4 is 10.5 Å². The Bertz CT molecular complexity index is 584. The van der Waals surface area contributed by atoms with Crippen LogP contribution in [0.4, 0.5) is 5.69 Å². The van der Waals surface area contributed by atoms with Gasteiger partial charge in [0.15, 0.2) is 9.84 Å². The number of para-hydroxylation sites is 2. The topological polar surface area (TPSA) is 95.7 Å². The molecule has 0 saturated carbocycles. The number of carbonyl (C=O) groups excluding carboxylic acids is 1. The Morgan fingerprint density at radius 3 is 2.75 bits per heavy atom. The summed E-state index contributed by atoms with van der Waals surface area (Å²) >= 11 is 0. The van der Waals surface area contributed by atoms with E-state index >= 15 is 0 Å². The lowest BCUT2D eigenvalue weighted by molar-refractivity contribution is -0.148. The molecule has 1 fully saturated rings. The lowest BCUT2D eigenvalue weighted by Crippen LogP contribution is -2.20. The quantitative estimate of drug-likeness (QED) is 0.637. The molecule has 1 aromatic rings. The highest BCUT2D eigenvalue weighted by Crippen LogP contribution is 2.20. The van der Waals surface area contributed by atoms with E-state index in [4.69, 9.17) is 15.2 Å². The Labute approximate surface area is 117 Å². The van der Waals surface area contributed by atoms with Gasteiger partial charge < -0.3 is 15.2 Å². The summed E-state index contributed by atoms with van der Waals surface area (Å²) in [5, 5.41) is 0. The third-order valence-corrected chi connectivity index (χ3v) is 4.71. The number of rotatable bonds is 5. The highest BCUT2D eigenvalue weighted by molar-refractivity contribution is 7.91. The van der Waals surface area contributed by atoms with Gasteiger partial charge in [-0.25, -0.2) is 8.42 Å². The molecule has 1 aliphatic rings. The van der Waals surface area contributed by atoms with Crippen molar-refractivity contribution in [2.75, 3.05) is 23.8 Å². The second-order valence-electron chi connectivity index (χ2n) is 4.65. The van der Waals surface area contributed by atoms with Gasteiger partial charge >= 0.3 is 5.97 Å². The summed E-state index contributed by atoms with van der Waals surface area (Å²) in [6.07, 6.45) is -0.0832. The summed E-state index contributed by atoms with van der Waals surface area (Å²) in [7, 11) is -3.04. The number of sulfone groups is 1. The zero-order valence-corrected chi connectivity index (χ0v) is 11.8. The number of hydrogen-bond donors (Lipinski definition) is 1. The van der Waals surface area contributed by atoms with Gasteiger partial charge in [-0.3, -0.25) is 4.79 Å². The highest BCUT2D eigenvalue weighted by Gasteiger charge is 2.30. The zero-order valence-electron chi connectivity index (χ0n) is 10.9. The van der Waals surface area contributed by atoms with E-state index in [9.17, 15) is 13.2 Å². The molecule has 0 bridgehead atoms. The molecular formula is C13H17NO5S. The third-order valence-electron chi connectivity index (χ3n) is 2.97. The van der Waals surface area contributed by atoms with Crippen molar-refractivity contribution in [3.63, 3.8) is 0 Å². The Morgan fingerprint density at radius 2 is 2.10 bits per heavy atom. The third kappa shape index (κ3) is 4.12. The van der Waals surface area contributed by atoms with Crippen molar-refractivity contribution >= 4 is 21.5 Å². The molecule has 6 nitrogen and oxygen atoms in total. The Kier molecular flexibility index (Phi) is 4.49. The van der Waals surface area contributed by atoms with Gasteiger partial charge in [-0.1, -0.05) is 12.1 Å². The van der Waals surface area contributed by atoms with Crippen LogP contribution in [0.3, 0.4) is 0 Å². The Hall–Kier alpha value is -1.76. The van der Waals surface area contributed by atoms with Crippen molar-refractivity contribution in [2.45, 2.75) is 18.9 Å². The molecule has 7 heteroatoms. The maximum Gasteiger partial charge on any atom is 0.309 e. The normalized spacial score (nSPS) is 20.5. The number of esters is 1. The number of nitrogen functional groups attached to an aromatic ring is 1. The lowest BCUT2D eigenvalue weighted by Gasteiger charge is -2.11. The van der Waals surface area contributed by atoms with Crippen molar-refractivity contribution in [1.29, 1.82) is 0 Å². The molecule has 0 aromatic heterocycles. The number of benzene rings is 1. The summed E-state index contributed by atoms with van der Waals surface area (Å²) in [6.45, 7) is 0.145. The average molecular weight is 299 g/mol. The minimum absolute atomic E-state index is 0.0604. The van der Waals surface area contributed by atoms with E-state index in [1.165, 1.54) is 0 Å². The van der Waals surface area contributed by atoms with Crippen LogP contribution in [0.25, 0.3) is 0 Å². The first-order valence-electron chi connectivity index (χ1n) is 6.33. The van der Waals surface area contributed by atoms with E-state index in [-0.39, 0.29) is 24.5 Å². The first-order chi connectivity index (χ1) is 9.46. The van der Waals surface area contributed by atoms with Gasteiger partial charge in [0.25, 0.3) is 0 Å². The summed E-state index contributed by atoms with van der Waals surface area (Å²) in [6, 6.07) is 6.99. The number of anilines is 1. The Balaban J connectivity index is 1.72. The van der Waals surface area contributed by atoms with Gasteiger partial charge in [-0.2, -0.15) is 0 Å². The van der Waals surface area contributed by atoms with Crippen LogP contribution in [0, 0.1) is 0 Å². The molecule has 1 saturated heterocycles. The van der Waals surface area contributed by atoms with Gasteiger partial charge in [-0.05, 0) is 18.6 Å². The molecule has 0 aliphatic carbocycles. The molecule has 1 heterocycles. The molecule has 0 spiro atoms. The van der Waals surface area contributed by atoms with Gasteiger partial charge in [0.1, 0.15) is 11.9 Å². The molecule has 2 rings (SSSR count). The lowest BCUT2D eigenvalue weighted by atomic mass is 10.3. The second-order valence-corrected chi connectivity index (χ2v) is 6.88. The van der Waals surface area contributed by atoms with Gasteiger partial charge in [-0.15, -0.1) is 0 Å². The van der Waals surface area contributed by atoms with Crippen molar-refractivity contribution in [3.05, 3.63) is 24.3 Å². The van der Waals surface area contributed by atoms with Gasteiger partial charge in [0.05, 0.1) is 30.2 Å². The largest absolute Gasteiger partial charge is 0.491 e. The monoisotopic (exact) mass is 299 g/mol. The number of hydrogen-bond acceptors (Lipinski definition) is 6. The average Bonchev–Trinajstić information content (AvgIpc) is 2.71. The van der Waals surface area contributed by atoms with Crippen LogP contribution in [0.1, 0.15) is 12.8 Å². The van der Waals surface area contributed by atoms with Crippen LogP contribution >= 0.6 is 0 Å². The van der Waals surface area contributed by atoms with Crippen LogP contribution in [0.15, 0.2) is 24.3 Å². The van der Waals surface area contributed by atoms with Gasteiger partial charge in [0, 0.05) is 0 Å². The molecular weight excluding hydrogens is 282 g/mol. The highest BCUT2D eigenvalue weighted by atomic mass is 32.2. The first-order valence-corrected chi connectivity index (χ1v) is 8.15. The minimum atomic E-state index is -3.04. The van der Waals surface area contributed by atoms with E-state index in [0.717, 1.165) is 0 Å². The van der Waals surface area contributed by atoms with Crippen molar-refractivity contribution in [1.82, 2.24) is 0 Å². The first kappa shape index (κ1) is 14.6. The number of carbonyl (C=O) groups is 1. The Morgan fingerprint density at radius 1 is 1.35 bits per heavy atom. The van der Waals surface area contributed by atoms with Crippen molar-refractivity contribution < 1.29 is 22.7 Å². The van der Waals surface area contributed by atoms with E-state index in [1.807, 2.05) is 0 Å². The van der Waals surface area contributed by atoms with Crippen LogP contribution in [-0.4, -0.2) is 38.6 Å². The number of ether oxygens (including phenoxy) is 2. The fourth-order valence-corrected chi connectivity index (χ4v) is 3.54. The molecule has 110 valence electrons. The standard InChI is InChI=1S/C13H17NO5S/c14-11-3-1-2-4-12(11)18-7-5-13(15)19-10-6-8-20(16,17)9-10/h1-4,10H,5-9,14H2. The summed E-state index contributed by atoms with van der Waals surface area (Å²) in [4.78, 5) is 11.6. The fourth-order valence-electron chi connectivity index (χ4n) is 1.95. The maximum absolute atomic E-state index is 11.6. The SMILES string of the molecule is Nc1ccccc1OCCC(=O)OC1CCS(=O)(=O)C1. The summed E-state index contributed by atoms with van der Waals surface area (Å²) < 4.78 is 32.9. The van der Waals surface area contributed by atoms with Crippen molar-refractivity contribution in [3.8, 4) is 5.75 Å². The fraction of sp³-hybridized carbons (Fsp3) is 0.462. The van der Waals surface area contributed by atoms with E-state index in [0.29, 0.717) is 17.9 Å². The molecule has 2 N–H and O–H groups in total. The van der Waals surface area contributed by atoms with Crippen LogP contribution in [0.5, 0.6) is 5.75 Å². The summed E-state index contributed by atoms with van der Waals surface area (Å²) in [5.74, 6) is 0.0677. The second kappa shape index (κ2) is 6.13. The predicted molar refractivity (Wildman–Crippen MR) is 74.1 cm³/mol. The minimum Gasteiger partial charge on any atom is -0.491 e. The van der Waals surface area contributed by atoms with E-state index in [2.05, 4.69) is 0 Å². The zero-order chi connectivity index (χ0) is 14.6. The van der Waals surface area contributed by atoms with Gasteiger partial charge in [0.2, 0.25) is 0 Å². The predicted octanol–water partition coefficient (Wildman–Crippen LogP) is 0.768. The molecule has 1 unspecified atom stereocenters. The molecule has 1 atom stereocenters. The molecule has 1 aromatic carbocycles. The van der Waals surface area contributed by atoms with E-state index < -0.39 is 21.9 Å². The molecule has 0 radical (unpaired) electrons. The van der Waals surface area contributed by atoms with Crippen LogP contribution in [-0.2, 0) is 19.4 Å². The van der Waals surface area contributed by atoms with E-state index in [1.54, 1.807) is 24.3 Å².